The van der Waals surface area contributed by atoms with Crippen LogP contribution < -0.4 is 0 Å². The van der Waals surface area contributed by atoms with E-state index >= 15 is 0 Å². The first-order chi connectivity index (χ1) is 10.6. The van der Waals surface area contributed by atoms with Crippen LogP contribution in [0.4, 0.5) is 8.78 Å². The van der Waals surface area contributed by atoms with Crippen LogP contribution in [0.1, 0.15) is 33.3 Å². The van der Waals surface area contributed by atoms with E-state index in [2.05, 4.69) is 0 Å². The van der Waals surface area contributed by atoms with Crippen LogP contribution in [0.25, 0.3) is 0 Å². The maximum atomic E-state index is 13.5. The standard InChI is InChI=1S/C17H18Cl2F2O2/c1-8(2)5-10-13(17(10,3)4)16(22)23-7-9-14(18)11(20)6-12(21)15(9)19/h5-6,10,13H,7H2,1-4H3. The Morgan fingerprint density at radius 1 is 1.26 bits per heavy atom. The lowest BCUT2D eigenvalue weighted by molar-refractivity contribution is -0.147. The van der Waals surface area contributed by atoms with Gasteiger partial charge in [-0.2, -0.15) is 0 Å². The SMILES string of the molecule is CC(C)=CC1C(C(=O)OCc2c(Cl)c(F)cc(F)c2Cl)C1(C)C. The highest BCUT2D eigenvalue weighted by Crippen LogP contribution is 2.59. The van der Waals surface area contributed by atoms with Crippen LogP contribution in [0, 0.1) is 28.9 Å². The molecule has 2 atom stereocenters. The molecule has 0 heterocycles. The minimum Gasteiger partial charge on any atom is -0.460 e. The highest BCUT2D eigenvalue weighted by atomic mass is 35.5. The van der Waals surface area contributed by atoms with Crippen molar-refractivity contribution in [3.63, 3.8) is 0 Å². The molecule has 1 aliphatic carbocycles. The minimum atomic E-state index is -0.936. The number of ether oxygens (including phenoxy) is 1. The predicted molar refractivity (Wildman–Crippen MR) is 86.4 cm³/mol. The number of hydrogen-bond donors (Lipinski definition) is 0. The van der Waals surface area contributed by atoms with Crippen LogP contribution in [0.5, 0.6) is 0 Å². The average Bonchev–Trinajstić information content (AvgIpc) is 2.96. The fourth-order valence-corrected chi connectivity index (χ4v) is 3.24. The summed E-state index contributed by atoms with van der Waals surface area (Å²) in [7, 11) is 0. The molecular weight excluding hydrogens is 345 g/mol. The Balaban J connectivity index is 2.11. The molecule has 0 saturated heterocycles. The quantitative estimate of drug-likeness (QED) is 0.398. The van der Waals surface area contributed by atoms with Crippen molar-refractivity contribution in [2.75, 3.05) is 0 Å². The molecular formula is C17H18Cl2F2O2. The zero-order valence-electron chi connectivity index (χ0n) is 13.3. The molecule has 6 heteroatoms. The van der Waals surface area contributed by atoms with Crippen molar-refractivity contribution < 1.29 is 18.3 Å². The molecule has 0 spiro atoms. The molecule has 2 unspecified atom stereocenters. The molecule has 126 valence electrons. The van der Waals surface area contributed by atoms with Gasteiger partial charge in [0.05, 0.1) is 16.0 Å². The molecule has 2 nitrogen and oxygen atoms in total. The fraction of sp³-hybridized carbons (Fsp3) is 0.471. The Labute approximate surface area is 144 Å². The van der Waals surface area contributed by atoms with E-state index < -0.39 is 17.6 Å². The van der Waals surface area contributed by atoms with Gasteiger partial charge in [0, 0.05) is 11.6 Å². The number of hydrogen-bond acceptors (Lipinski definition) is 2. The fourth-order valence-electron chi connectivity index (χ4n) is 2.78. The Morgan fingerprint density at radius 3 is 2.26 bits per heavy atom. The monoisotopic (exact) mass is 362 g/mol. The topological polar surface area (TPSA) is 26.3 Å². The number of rotatable bonds is 4. The molecule has 0 radical (unpaired) electrons. The van der Waals surface area contributed by atoms with Gasteiger partial charge in [-0.05, 0) is 25.2 Å². The van der Waals surface area contributed by atoms with E-state index in [1.54, 1.807) is 0 Å². The number of halogens is 4. The molecule has 1 aromatic rings. The number of benzene rings is 1. The third-order valence-electron chi connectivity index (χ3n) is 4.24. The van der Waals surface area contributed by atoms with Crippen molar-refractivity contribution >= 4 is 29.2 Å². The van der Waals surface area contributed by atoms with Gasteiger partial charge in [0.2, 0.25) is 0 Å². The van der Waals surface area contributed by atoms with Gasteiger partial charge >= 0.3 is 5.97 Å². The van der Waals surface area contributed by atoms with Crippen molar-refractivity contribution in [1.29, 1.82) is 0 Å². The van der Waals surface area contributed by atoms with E-state index in [0.717, 1.165) is 5.57 Å². The molecule has 2 rings (SSSR count). The van der Waals surface area contributed by atoms with E-state index in [4.69, 9.17) is 27.9 Å². The molecule has 23 heavy (non-hydrogen) atoms. The zero-order valence-corrected chi connectivity index (χ0v) is 14.9. The second-order valence-corrected chi connectivity index (χ2v) is 7.38. The summed E-state index contributed by atoms with van der Waals surface area (Å²) in [6.45, 7) is 7.52. The lowest BCUT2D eigenvalue weighted by Gasteiger charge is -2.10. The van der Waals surface area contributed by atoms with Crippen molar-refractivity contribution in [2.45, 2.75) is 34.3 Å². The highest BCUT2D eigenvalue weighted by Gasteiger charge is 2.61. The molecule has 0 N–H and O–H groups in total. The van der Waals surface area contributed by atoms with Gasteiger partial charge in [0.1, 0.15) is 18.2 Å². The Hall–Kier alpha value is -1.13. The summed E-state index contributed by atoms with van der Waals surface area (Å²) >= 11 is 11.6. The third-order valence-corrected chi connectivity index (χ3v) is 5.06. The molecule has 0 aliphatic heterocycles. The van der Waals surface area contributed by atoms with Crippen LogP contribution in [0.2, 0.25) is 10.0 Å². The first-order valence-electron chi connectivity index (χ1n) is 7.21. The Morgan fingerprint density at radius 2 is 1.78 bits per heavy atom. The highest BCUT2D eigenvalue weighted by molar-refractivity contribution is 6.36. The van der Waals surface area contributed by atoms with Crippen LogP contribution in [0.3, 0.4) is 0 Å². The second-order valence-electron chi connectivity index (χ2n) is 6.62. The van der Waals surface area contributed by atoms with Crippen LogP contribution in [0.15, 0.2) is 17.7 Å². The van der Waals surface area contributed by atoms with Gasteiger partial charge in [-0.25, -0.2) is 8.78 Å². The predicted octanol–water partition coefficient (Wildman–Crippen LogP) is 5.55. The molecule has 1 aromatic carbocycles. The smallest absolute Gasteiger partial charge is 0.310 e. The number of carbonyl (C=O) groups excluding carboxylic acids is 1. The molecule has 0 bridgehead atoms. The van der Waals surface area contributed by atoms with Crippen molar-refractivity contribution in [2.24, 2.45) is 17.3 Å². The third kappa shape index (κ3) is 3.53. The summed E-state index contributed by atoms with van der Waals surface area (Å²) in [5, 5.41) is -0.666. The largest absolute Gasteiger partial charge is 0.460 e. The summed E-state index contributed by atoms with van der Waals surface area (Å²) in [4.78, 5) is 12.3. The molecule has 1 aliphatic rings. The first-order valence-corrected chi connectivity index (χ1v) is 7.96. The Bertz CT molecular complexity index is 653. The molecule has 0 amide bonds. The lowest BCUT2D eigenvalue weighted by Crippen LogP contribution is -2.11. The second kappa shape index (κ2) is 6.40. The van der Waals surface area contributed by atoms with Gasteiger partial charge in [-0.15, -0.1) is 0 Å². The summed E-state index contributed by atoms with van der Waals surface area (Å²) in [5.74, 6) is -2.49. The van der Waals surface area contributed by atoms with Crippen molar-refractivity contribution in [3.05, 3.63) is 45.0 Å². The molecule has 1 saturated carbocycles. The summed E-state index contributed by atoms with van der Waals surface area (Å²) in [6, 6.07) is 0.602. The minimum absolute atomic E-state index is 0.0589. The summed E-state index contributed by atoms with van der Waals surface area (Å²) in [6.07, 6.45) is 2.04. The zero-order chi connectivity index (χ0) is 17.5. The lowest BCUT2D eigenvalue weighted by atomic mass is 10.1. The van der Waals surface area contributed by atoms with E-state index in [1.807, 2.05) is 33.8 Å². The van der Waals surface area contributed by atoms with Gasteiger partial charge in [0.25, 0.3) is 0 Å². The number of carbonyl (C=O) groups is 1. The number of esters is 1. The number of allylic oxidation sites excluding steroid dienone is 2. The van der Waals surface area contributed by atoms with E-state index in [1.165, 1.54) is 0 Å². The Kier molecular flexibility index (Phi) is 5.07. The molecule has 1 fully saturated rings. The average molecular weight is 363 g/mol. The van der Waals surface area contributed by atoms with Crippen LogP contribution >= 0.6 is 23.2 Å². The van der Waals surface area contributed by atoms with Gasteiger partial charge in [-0.3, -0.25) is 4.79 Å². The van der Waals surface area contributed by atoms with Crippen molar-refractivity contribution in [1.82, 2.24) is 0 Å². The van der Waals surface area contributed by atoms with Crippen LogP contribution in [-0.4, -0.2) is 5.97 Å². The summed E-state index contributed by atoms with van der Waals surface area (Å²) < 4.78 is 32.1. The molecule has 0 aromatic heterocycles. The van der Waals surface area contributed by atoms with E-state index in [9.17, 15) is 13.6 Å². The van der Waals surface area contributed by atoms with Gasteiger partial charge in [0.15, 0.2) is 0 Å². The van der Waals surface area contributed by atoms with Crippen LogP contribution in [-0.2, 0) is 16.1 Å². The van der Waals surface area contributed by atoms with E-state index in [0.29, 0.717) is 6.07 Å². The maximum absolute atomic E-state index is 13.5. The van der Waals surface area contributed by atoms with E-state index in [-0.39, 0.29) is 39.5 Å². The normalized spacial score (nSPS) is 21.7. The summed E-state index contributed by atoms with van der Waals surface area (Å²) in [5.41, 5.74) is 0.864. The van der Waals surface area contributed by atoms with Crippen molar-refractivity contribution in [3.8, 4) is 0 Å². The maximum Gasteiger partial charge on any atom is 0.310 e. The van der Waals surface area contributed by atoms with Gasteiger partial charge in [-0.1, -0.05) is 48.7 Å². The first kappa shape index (κ1) is 18.2. The van der Waals surface area contributed by atoms with Gasteiger partial charge < -0.3 is 4.74 Å².